The van der Waals surface area contributed by atoms with E-state index in [-0.39, 0.29) is 0 Å². The lowest BCUT2D eigenvalue weighted by atomic mass is 9.73. The fourth-order valence-corrected chi connectivity index (χ4v) is 3.03. The van der Waals surface area contributed by atoms with Crippen LogP contribution in [-0.2, 0) is 7.05 Å². The molecule has 0 atom stereocenters. The lowest BCUT2D eigenvalue weighted by Crippen LogP contribution is -2.21. The summed E-state index contributed by atoms with van der Waals surface area (Å²) in [4.78, 5) is 9.22. The van der Waals surface area contributed by atoms with Crippen molar-refractivity contribution in [3.63, 3.8) is 0 Å². The summed E-state index contributed by atoms with van der Waals surface area (Å²) in [5, 5.41) is 4.20. The second-order valence-electron chi connectivity index (χ2n) is 6.88. The van der Waals surface area contributed by atoms with E-state index in [9.17, 15) is 0 Å². The van der Waals surface area contributed by atoms with Crippen molar-refractivity contribution in [2.45, 2.75) is 45.4 Å². The molecule has 5 nitrogen and oxygen atoms in total. The lowest BCUT2D eigenvalue weighted by Gasteiger charge is -2.33. The Labute approximate surface area is 125 Å². The van der Waals surface area contributed by atoms with Gasteiger partial charge in [0.25, 0.3) is 0 Å². The van der Waals surface area contributed by atoms with Gasteiger partial charge in [-0.25, -0.2) is 9.97 Å². The maximum atomic E-state index is 5.99. The zero-order valence-electron chi connectivity index (χ0n) is 13.0. The number of anilines is 1. The fourth-order valence-electron chi connectivity index (χ4n) is 3.03. The Bertz CT molecular complexity index is 634. The number of hydrogen-bond donors (Lipinski definition) is 1. The molecular weight excluding hydrogens is 262 g/mol. The van der Waals surface area contributed by atoms with Crippen LogP contribution in [0, 0.1) is 5.41 Å². The average molecular weight is 285 g/mol. The van der Waals surface area contributed by atoms with Crippen LogP contribution in [0.5, 0.6) is 0 Å². The standard InChI is InChI=1S/C16H23N5/c1-16(2)6-4-11(5-7-16)15-19-13(8-14(17)20-15)12-9-18-21(3)10-12/h8-11H,4-7H2,1-3H3,(H2,17,19,20). The van der Waals surface area contributed by atoms with Crippen molar-refractivity contribution in [3.05, 3.63) is 24.3 Å². The highest BCUT2D eigenvalue weighted by Gasteiger charge is 2.29. The highest BCUT2D eigenvalue weighted by Crippen LogP contribution is 2.41. The maximum Gasteiger partial charge on any atom is 0.134 e. The van der Waals surface area contributed by atoms with Crippen molar-refractivity contribution >= 4 is 5.82 Å². The van der Waals surface area contributed by atoms with Crippen LogP contribution in [0.25, 0.3) is 11.3 Å². The molecule has 1 saturated carbocycles. The average Bonchev–Trinajstić information content (AvgIpc) is 2.85. The molecule has 5 heteroatoms. The Morgan fingerprint density at radius 2 is 1.95 bits per heavy atom. The number of nitrogen functional groups attached to an aromatic ring is 1. The zero-order chi connectivity index (χ0) is 15.0. The Kier molecular flexibility index (Phi) is 3.43. The topological polar surface area (TPSA) is 69.6 Å². The molecule has 0 unspecified atom stereocenters. The predicted molar refractivity (Wildman–Crippen MR) is 83.6 cm³/mol. The van der Waals surface area contributed by atoms with E-state index in [1.807, 2.05) is 25.5 Å². The van der Waals surface area contributed by atoms with E-state index in [4.69, 9.17) is 10.7 Å². The number of hydrogen-bond acceptors (Lipinski definition) is 4. The van der Waals surface area contributed by atoms with Crippen molar-refractivity contribution < 1.29 is 0 Å². The third-order valence-electron chi connectivity index (χ3n) is 4.47. The largest absolute Gasteiger partial charge is 0.384 e. The molecule has 0 saturated heterocycles. The van der Waals surface area contributed by atoms with Gasteiger partial charge >= 0.3 is 0 Å². The minimum Gasteiger partial charge on any atom is -0.384 e. The third kappa shape index (κ3) is 3.06. The molecular formula is C16H23N5. The minimum absolute atomic E-state index is 0.428. The molecule has 0 bridgehead atoms. The van der Waals surface area contributed by atoms with Crippen LogP contribution in [0.15, 0.2) is 18.5 Å². The van der Waals surface area contributed by atoms with Gasteiger partial charge in [0.1, 0.15) is 11.6 Å². The van der Waals surface area contributed by atoms with Crippen molar-refractivity contribution in [1.29, 1.82) is 0 Å². The summed E-state index contributed by atoms with van der Waals surface area (Å²) >= 11 is 0. The van der Waals surface area contributed by atoms with Crippen LogP contribution >= 0.6 is 0 Å². The molecule has 0 aromatic carbocycles. The summed E-state index contributed by atoms with van der Waals surface area (Å²) < 4.78 is 1.77. The van der Waals surface area contributed by atoms with E-state index < -0.39 is 0 Å². The van der Waals surface area contributed by atoms with Gasteiger partial charge in [-0.2, -0.15) is 5.10 Å². The van der Waals surface area contributed by atoms with Gasteiger partial charge in [-0.05, 0) is 31.1 Å². The SMILES string of the molecule is Cn1cc(-c2cc(N)nc(C3CCC(C)(C)CC3)n2)cn1. The number of nitrogens with zero attached hydrogens (tertiary/aromatic N) is 4. The van der Waals surface area contributed by atoms with Gasteiger partial charge in [-0.1, -0.05) is 13.8 Å². The molecule has 21 heavy (non-hydrogen) atoms. The van der Waals surface area contributed by atoms with Crippen LogP contribution in [0.1, 0.15) is 51.3 Å². The molecule has 2 aromatic rings. The quantitative estimate of drug-likeness (QED) is 0.920. The molecule has 0 aliphatic heterocycles. The Hall–Kier alpha value is -1.91. The molecule has 3 rings (SSSR count). The number of nitrogens with two attached hydrogens (primary N) is 1. The molecule has 2 N–H and O–H groups in total. The number of aromatic nitrogens is 4. The predicted octanol–water partition coefficient (Wildman–Crippen LogP) is 3.14. The first kappa shape index (κ1) is 14.0. The van der Waals surface area contributed by atoms with Gasteiger partial charge in [-0.15, -0.1) is 0 Å². The van der Waals surface area contributed by atoms with E-state index in [1.54, 1.807) is 4.68 Å². The van der Waals surface area contributed by atoms with Crippen molar-refractivity contribution in [2.75, 3.05) is 5.73 Å². The van der Waals surface area contributed by atoms with E-state index in [1.165, 1.54) is 12.8 Å². The normalized spacial score (nSPS) is 18.8. The monoisotopic (exact) mass is 285 g/mol. The van der Waals surface area contributed by atoms with Gasteiger partial charge in [0.15, 0.2) is 0 Å². The van der Waals surface area contributed by atoms with Crippen LogP contribution < -0.4 is 5.73 Å². The Balaban J connectivity index is 1.88. The van der Waals surface area contributed by atoms with E-state index in [0.717, 1.165) is 29.9 Å². The maximum absolute atomic E-state index is 5.99. The summed E-state index contributed by atoms with van der Waals surface area (Å²) in [6.45, 7) is 4.68. The molecule has 0 amide bonds. The molecule has 112 valence electrons. The molecule has 2 aromatic heterocycles. The van der Waals surface area contributed by atoms with Gasteiger partial charge in [-0.3, -0.25) is 4.68 Å². The summed E-state index contributed by atoms with van der Waals surface area (Å²) in [5.74, 6) is 1.87. The van der Waals surface area contributed by atoms with Gasteiger partial charge < -0.3 is 5.73 Å². The summed E-state index contributed by atoms with van der Waals surface area (Å²) in [6.07, 6.45) is 8.49. The highest BCUT2D eigenvalue weighted by molar-refractivity contribution is 5.60. The smallest absolute Gasteiger partial charge is 0.134 e. The highest BCUT2D eigenvalue weighted by atomic mass is 15.2. The van der Waals surface area contributed by atoms with Crippen molar-refractivity contribution in [2.24, 2.45) is 12.5 Å². The molecule has 0 spiro atoms. The molecule has 1 aliphatic carbocycles. The third-order valence-corrected chi connectivity index (χ3v) is 4.47. The second kappa shape index (κ2) is 5.13. The summed E-state index contributed by atoms with van der Waals surface area (Å²) in [6, 6.07) is 1.83. The van der Waals surface area contributed by atoms with Crippen LogP contribution in [0.2, 0.25) is 0 Å². The zero-order valence-corrected chi connectivity index (χ0v) is 13.0. The van der Waals surface area contributed by atoms with Gasteiger partial charge in [0.2, 0.25) is 0 Å². The van der Waals surface area contributed by atoms with Crippen LogP contribution in [-0.4, -0.2) is 19.7 Å². The second-order valence-corrected chi connectivity index (χ2v) is 6.88. The minimum atomic E-state index is 0.428. The molecule has 2 heterocycles. The molecule has 1 fully saturated rings. The van der Waals surface area contributed by atoms with Gasteiger partial charge in [0, 0.05) is 30.8 Å². The van der Waals surface area contributed by atoms with Crippen molar-refractivity contribution in [1.82, 2.24) is 19.7 Å². The first-order valence-corrected chi connectivity index (χ1v) is 7.56. The van der Waals surface area contributed by atoms with E-state index in [2.05, 4.69) is 23.9 Å². The summed E-state index contributed by atoms with van der Waals surface area (Å²) in [5.41, 5.74) is 8.29. The lowest BCUT2D eigenvalue weighted by molar-refractivity contribution is 0.221. The molecule has 1 aliphatic rings. The number of aryl methyl sites for hydroxylation is 1. The van der Waals surface area contributed by atoms with E-state index >= 15 is 0 Å². The van der Waals surface area contributed by atoms with Gasteiger partial charge in [0.05, 0.1) is 11.9 Å². The fraction of sp³-hybridized carbons (Fsp3) is 0.562. The van der Waals surface area contributed by atoms with Crippen LogP contribution in [0.4, 0.5) is 5.82 Å². The number of rotatable bonds is 2. The first-order chi connectivity index (χ1) is 9.93. The van der Waals surface area contributed by atoms with E-state index in [0.29, 0.717) is 17.2 Å². The Morgan fingerprint density at radius 1 is 1.24 bits per heavy atom. The summed E-state index contributed by atoms with van der Waals surface area (Å²) in [7, 11) is 1.90. The Morgan fingerprint density at radius 3 is 2.57 bits per heavy atom. The van der Waals surface area contributed by atoms with Crippen molar-refractivity contribution in [3.8, 4) is 11.3 Å². The molecule has 0 radical (unpaired) electrons. The van der Waals surface area contributed by atoms with Crippen LogP contribution in [0.3, 0.4) is 0 Å². The first-order valence-electron chi connectivity index (χ1n) is 7.56.